The summed E-state index contributed by atoms with van der Waals surface area (Å²) in [6.07, 6.45) is 18.1. The van der Waals surface area contributed by atoms with Gasteiger partial charge in [0.2, 0.25) is 0 Å². The van der Waals surface area contributed by atoms with E-state index in [9.17, 15) is 0 Å². The summed E-state index contributed by atoms with van der Waals surface area (Å²) in [5, 5.41) is 0. The minimum Gasteiger partial charge on any atom is -0.241 e. The summed E-state index contributed by atoms with van der Waals surface area (Å²) in [6.45, 7) is 6.72. The number of hydrogen-bond donors (Lipinski definition) is 0. The molecule has 1 aromatic heterocycles. The second-order valence-corrected chi connectivity index (χ2v) is 7.51. The average molecular weight is 317 g/mol. The van der Waals surface area contributed by atoms with E-state index in [-0.39, 0.29) is 0 Å². The molecule has 1 aromatic rings. The first-order chi connectivity index (χ1) is 11.2. The first kappa shape index (κ1) is 18.4. The Balaban J connectivity index is 1.82. The third-order valence-electron chi connectivity index (χ3n) is 5.58. The smallest absolute Gasteiger partial charge is 0.131 e. The highest BCUT2D eigenvalue weighted by atomic mass is 14.9. The maximum Gasteiger partial charge on any atom is 0.131 e. The Morgan fingerprint density at radius 1 is 0.957 bits per heavy atom. The maximum atomic E-state index is 4.86. The van der Waals surface area contributed by atoms with E-state index in [1.165, 1.54) is 81.9 Å². The number of rotatable bonds is 9. The minimum absolute atomic E-state index is 0.612. The highest BCUT2D eigenvalue weighted by Gasteiger charge is 2.24. The van der Waals surface area contributed by atoms with Crippen LogP contribution < -0.4 is 0 Å². The zero-order valence-corrected chi connectivity index (χ0v) is 15.6. The first-order valence-corrected chi connectivity index (χ1v) is 10.1. The van der Waals surface area contributed by atoms with Crippen LogP contribution in [0.4, 0.5) is 0 Å². The van der Waals surface area contributed by atoms with Crippen molar-refractivity contribution in [1.29, 1.82) is 0 Å². The molecule has 1 saturated carbocycles. The molecular formula is C21H36N2. The van der Waals surface area contributed by atoms with E-state index in [4.69, 9.17) is 9.97 Å². The van der Waals surface area contributed by atoms with E-state index in [0.717, 1.165) is 18.2 Å². The molecule has 2 heteroatoms. The van der Waals surface area contributed by atoms with Gasteiger partial charge < -0.3 is 0 Å². The monoisotopic (exact) mass is 316 g/mol. The van der Waals surface area contributed by atoms with Crippen molar-refractivity contribution in [2.24, 2.45) is 5.92 Å². The summed E-state index contributed by atoms with van der Waals surface area (Å²) in [6, 6.07) is 0. The van der Waals surface area contributed by atoms with Gasteiger partial charge in [-0.2, -0.15) is 0 Å². The number of nitrogens with zero attached hydrogens (tertiary/aromatic N) is 2. The van der Waals surface area contributed by atoms with Gasteiger partial charge >= 0.3 is 0 Å². The van der Waals surface area contributed by atoms with Crippen LogP contribution >= 0.6 is 0 Å². The molecule has 0 saturated heterocycles. The van der Waals surface area contributed by atoms with Crippen LogP contribution in [0.5, 0.6) is 0 Å². The Bertz CT molecular complexity index is 447. The van der Waals surface area contributed by atoms with Gasteiger partial charge in [0.1, 0.15) is 5.82 Å². The average Bonchev–Trinajstić information content (AvgIpc) is 2.57. The Morgan fingerprint density at radius 2 is 1.65 bits per heavy atom. The summed E-state index contributed by atoms with van der Waals surface area (Å²) < 4.78 is 0. The van der Waals surface area contributed by atoms with Crippen molar-refractivity contribution in [3.8, 4) is 0 Å². The van der Waals surface area contributed by atoms with Crippen LogP contribution in [0, 0.1) is 12.8 Å². The van der Waals surface area contributed by atoms with E-state index in [1.807, 2.05) is 0 Å². The lowest BCUT2D eigenvalue weighted by atomic mass is 9.79. The van der Waals surface area contributed by atoms with Gasteiger partial charge in [0.15, 0.2) is 0 Å². The molecule has 0 spiro atoms. The van der Waals surface area contributed by atoms with Crippen LogP contribution in [-0.4, -0.2) is 9.97 Å². The summed E-state index contributed by atoms with van der Waals surface area (Å²) in [5.41, 5.74) is 2.58. The summed E-state index contributed by atoms with van der Waals surface area (Å²) in [7, 11) is 0. The summed E-state index contributed by atoms with van der Waals surface area (Å²) in [4.78, 5) is 9.60. The van der Waals surface area contributed by atoms with Crippen molar-refractivity contribution >= 4 is 0 Å². The van der Waals surface area contributed by atoms with Crippen LogP contribution in [0.1, 0.15) is 107 Å². The second-order valence-electron chi connectivity index (χ2n) is 7.51. The van der Waals surface area contributed by atoms with E-state index in [0.29, 0.717) is 5.92 Å². The molecule has 130 valence electrons. The van der Waals surface area contributed by atoms with Gasteiger partial charge in [0.25, 0.3) is 0 Å². The molecule has 0 aliphatic heterocycles. The van der Waals surface area contributed by atoms with Gasteiger partial charge in [-0.1, -0.05) is 52.4 Å². The zero-order chi connectivity index (χ0) is 16.5. The fourth-order valence-corrected chi connectivity index (χ4v) is 3.91. The van der Waals surface area contributed by atoms with Crippen molar-refractivity contribution in [3.05, 3.63) is 23.3 Å². The van der Waals surface area contributed by atoms with Gasteiger partial charge in [-0.15, -0.1) is 0 Å². The fourth-order valence-electron chi connectivity index (χ4n) is 3.91. The second kappa shape index (κ2) is 10.1. The fraction of sp³-hybridized carbons (Fsp3) is 0.810. The molecule has 1 heterocycles. The molecule has 0 amide bonds. The van der Waals surface area contributed by atoms with Crippen LogP contribution in [0.15, 0.2) is 6.20 Å². The van der Waals surface area contributed by atoms with Crippen LogP contribution in [-0.2, 0) is 6.42 Å². The number of unbranched alkanes of at least 4 members (excludes halogenated alkanes) is 4. The van der Waals surface area contributed by atoms with Crippen molar-refractivity contribution < 1.29 is 0 Å². The minimum atomic E-state index is 0.612. The van der Waals surface area contributed by atoms with Crippen molar-refractivity contribution in [2.75, 3.05) is 0 Å². The predicted molar refractivity (Wildman–Crippen MR) is 98.8 cm³/mol. The van der Waals surface area contributed by atoms with E-state index in [1.54, 1.807) is 0 Å². The molecule has 1 aliphatic carbocycles. The molecule has 0 atom stereocenters. The third kappa shape index (κ3) is 5.90. The van der Waals surface area contributed by atoms with Gasteiger partial charge in [0, 0.05) is 17.8 Å². The normalized spacial score (nSPS) is 21.5. The lowest BCUT2D eigenvalue weighted by Crippen LogP contribution is -2.16. The molecule has 23 heavy (non-hydrogen) atoms. The molecule has 1 fully saturated rings. The van der Waals surface area contributed by atoms with Crippen molar-refractivity contribution in [3.63, 3.8) is 0 Å². The highest BCUT2D eigenvalue weighted by Crippen LogP contribution is 2.36. The van der Waals surface area contributed by atoms with Gasteiger partial charge in [-0.05, 0) is 56.9 Å². The van der Waals surface area contributed by atoms with Crippen LogP contribution in [0.25, 0.3) is 0 Å². The summed E-state index contributed by atoms with van der Waals surface area (Å²) >= 11 is 0. The van der Waals surface area contributed by atoms with Gasteiger partial charge in [-0.25, -0.2) is 9.97 Å². The molecule has 2 rings (SSSR count). The largest absolute Gasteiger partial charge is 0.241 e. The van der Waals surface area contributed by atoms with Crippen LogP contribution in [0.2, 0.25) is 0 Å². The molecule has 0 bridgehead atoms. The Kier molecular flexibility index (Phi) is 8.05. The van der Waals surface area contributed by atoms with Crippen LogP contribution in [0.3, 0.4) is 0 Å². The molecule has 1 aliphatic rings. The Labute approximate surface area is 143 Å². The van der Waals surface area contributed by atoms with Crippen molar-refractivity contribution in [2.45, 2.75) is 104 Å². The van der Waals surface area contributed by atoms with E-state index >= 15 is 0 Å². The Morgan fingerprint density at radius 3 is 2.30 bits per heavy atom. The zero-order valence-electron chi connectivity index (χ0n) is 15.6. The molecule has 0 N–H and O–H groups in total. The van der Waals surface area contributed by atoms with E-state index < -0.39 is 0 Å². The molecular weight excluding hydrogens is 280 g/mol. The third-order valence-corrected chi connectivity index (χ3v) is 5.58. The SMILES string of the molecule is CCCCCc1cnc(C2CCC(CCCCC)CC2)nc1C. The van der Waals surface area contributed by atoms with E-state index in [2.05, 4.69) is 27.0 Å². The quantitative estimate of drug-likeness (QED) is 0.494. The molecule has 0 aromatic carbocycles. The Hall–Kier alpha value is -0.920. The number of aryl methyl sites for hydroxylation is 2. The molecule has 2 nitrogen and oxygen atoms in total. The predicted octanol–water partition coefficient (Wildman–Crippen LogP) is 6.37. The maximum absolute atomic E-state index is 4.86. The lowest BCUT2D eigenvalue weighted by Gasteiger charge is -2.28. The molecule has 0 unspecified atom stereocenters. The highest BCUT2D eigenvalue weighted by molar-refractivity contribution is 5.17. The van der Waals surface area contributed by atoms with Gasteiger partial charge in [-0.3, -0.25) is 0 Å². The number of aromatic nitrogens is 2. The molecule has 0 radical (unpaired) electrons. The first-order valence-electron chi connectivity index (χ1n) is 10.1. The standard InChI is InChI=1S/C21H36N2/c1-4-6-8-10-18-12-14-19(15-13-18)21-22-16-20(17(3)23-21)11-9-7-5-2/h16,18-19H,4-15H2,1-3H3. The lowest BCUT2D eigenvalue weighted by molar-refractivity contribution is 0.297. The number of hydrogen-bond acceptors (Lipinski definition) is 2. The van der Waals surface area contributed by atoms with Crippen molar-refractivity contribution in [1.82, 2.24) is 9.97 Å². The van der Waals surface area contributed by atoms with Gasteiger partial charge in [0.05, 0.1) is 0 Å². The summed E-state index contributed by atoms with van der Waals surface area (Å²) in [5.74, 6) is 2.70. The topological polar surface area (TPSA) is 25.8 Å².